The first kappa shape index (κ1) is 16.1. The predicted octanol–water partition coefficient (Wildman–Crippen LogP) is -0.418. The third-order valence-electron chi connectivity index (χ3n) is 4.13. The predicted molar refractivity (Wildman–Crippen MR) is 74.5 cm³/mol. The van der Waals surface area contributed by atoms with Crippen molar-refractivity contribution in [2.24, 2.45) is 11.8 Å². The number of hydrogen-bond donors (Lipinski definition) is 3. The van der Waals surface area contributed by atoms with Gasteiger partial charge in [0.2, 0.25) is 5.91 Å². The standard InChI is InChI=1S/C13H19NO6S/c1-6(2)13(17)14-5-10(15)20-12-7-3-8(11(12)16)9(4-7)21(18)19/h7-9,11-12,16H,1,3-5H2,2H3,(H,14,17)(H,18,19). The van der Waals surface area contributed by atoms with Crippen LogP contribution in [0.15, 0.2) is 12.2 Å². The van der Waals surface area contributed by atoms with E-state index in [0.717, 1.165) is 0 Å². The van der Waals surface area contributed by atoms with E-state index in [-0.39, 0.29) is 24.0 Å². The van der Waals surface area contributed by atoms with Gasteiger partial charge in [-0.25, -0.2) is 4.21 Å². The molecule has 2 saturated carbocycles. The molecule has 21 heavy (non-hydrogen) atoms. The van der Waals surface area contributed by atoms with Crippen LogP contribution in [0, 0.1) is 11.8 Å². The second-order valence-electron chi connectivity index (χ2n) is 5.62. The lowest BCUT2D eigenvalue weighted by atomic mass is 9.94. The molecule has 0 heterocycles. The summed E-state index contributed by atoms with van der Waals surface area (Å²) in [6.45, 7) is 4.68. The van der Waals surface area contributed by atoms with Crippen LogP contribution in [-0.4, -0.2) is 49.7 Å². The molecule has 2 bridgehead atoms. The summed E-state index contributed by atoms with van der Waals surface area (Å²) in [6, 6.07) is 0. The average molecular weight is 317 g/mol. The van der Waals surface area contributed by atoms with Crippen LogP contribution in [0.25, 0.3) is 0 Å². The van der Waals surface area contributed by atoms with Crippen molar-refractivity contribution in [1.29, 1.82) is 0 Å². The van der Waals surface area contributed by atoms with Crippen molar-refractivity contribution in [1.82, 2.24) is 5.32 Å². The van der Waals surface area contributed by atoms with Gasteiger partial charge < -0.3 is 19.7 Å². The summed E-state index contributed by atoms with van der Waals surface area (Å²) in [7, 11) is 0. The topological polar surface area (TPSA) is 113 Å². The molecule has 118 valence electrons. The van der Waals surface area contributed by atoms with Crippen molar-refractivity contribution in [2.45, 2.75) is 37.2 Å². The summed E-state index contributed by atoms with van der Waals surface area (Å²) < 4.78 is 25.5. The Labute approximate surface area is 125 Å². The van der Waals surface area contributed by atoms with Crippen molar-refractivity contribution in [3.63, 3.8) is 0 Å². The van der Waals surface area contributed by atoms with E-state index in [1.807, 2.05) is 0 Å². The highest BCUT2D eigenvalue weighted by Gasteiger charge is 2.55. The molecule has 0 saturated heterocycles. The number of aliphatic hydroxyl groups is 1. The Morgan fingerprint density at radius 3 is 2.62 bits per heavy atom. The molecule has 2 fully saturated rings. The number of fused-ring (bicyclic) bond motifs is 2. The molecule has 0 aliphatic heterocycles. The van der Waals surface area contributed by atoms with Crippen molar-refractivity contribution in [2.75, 3.05) is 6.54 Å². The summed E-state index contributed by atoms with van der Waals surface area (Å²) in [5, 5.41) is 12.0. The second kappa shape index (κ2) is 6.25. The van der Waals surface area contributed by atoms with Crippen LogP contribution in [0.4, 0.5) is 0 Å². The second-order valence-corrected chi connectivity index (χ2v) is 6.78. The Hall–Kier alpha value is -1.25. The van der Waals surface area contributed by atoms with Crippen molar-refractivity contribution in [3.05, 3.63) is 12.2 Å². The van der Waals surface area contributed by atoms with Gasteiger partial charge in [0, 0.05) is 17.4 Å². The number of ether oxygens (including phenoxy) is 1. The highest BCUT2D eigenvalue weighted by molar-refractivity contribution is 7.79. The molecular formula is C13H19NO6S. The first-order valence-corrected chi connectivity index (χ1v) is 7.89. The third-order valence-corrected chi connectivity index (χ3v) is 5.19. The summed E-state index contributed by atoms with van der Waals surface area (Å²) >= 11 is -1.97. The van der Waals surface area contributed by atoms with Crippen LogP contribution in [0.2, 0.25) is 0 Å². The Balaban J connectivity index is 1.85. The van der Waals surface area contributed by atoms with Gasteiger partial charge in [0.25, 0.3) is 0 Å². The molecule has 7 nitrogen and oxygen atoms in total. The van der Waals surface area contributed by atoms with Crippen molar-refractivity contribution < 1.29 is 28.2 Å². The van der Waals surface area contributed by atoms with Crippen LogP contribution in [-0.2, 0) is 25.4 Å². The molecule has 0 aromatic heterocycles. The maximum atomic E-state index is 11.7. The van der Waals surface area contributed by atoms with Crippen molar-refractivity contribution >= 4 is 23.0 Å². The van der Waals surface area contributed by atoms with E-state index in [9.17, 15) is 18.9 Å². The van der Waals surface area contributed by atoms with E-state index in [0.29, 0.717) is 12.8 Å². The van der Waals surface area contributed by atoms with Gasteiger partial charge in [0.05, 0.1) is 11.4 Å². The Morgan fingerprint density at radius 2 is 2.10 bits per heavy atom. The normalized spacial score (nSPS) is 35.3. The molecule has 2 rings (SSSR count). The average Bonchev–Trinajstić information content (AvgIpc) is 2.96. The molecule has 2 aliphatic rings. The zero-order valence-corrected chi connectivity index (χ0v) is 12.5. The van der Waals surface area contributed by atoms with Crippen LogP contribution in [0.3, 0.4) is 0 Å². The molecule has 1 amide bonds. The fourth-order valence-corrected chi connectivity index (χ4v) is 4.10. The lowest BCUT2D eigenvalue weighted by Crippen LogP contribution is -2.44. The number of aliphatic hydroxyl groups excluding tert-OH is 1. The summed E-state index contributed by atoms with van der Waals surface area (Å²) in [6.07, 6.45) is -0.551. The van der Waals surface area contributed by atoms with E-state index in [4.69, 9.17) is 9.29 Å². The first-order valence-electron chi connectivity index (χ1n) is 6.72. The zero-order chi connectivity index (χ0) is 15.7. The molecule has 6 unspecified atom stereocenters. The van der Waals surface area contributed by atoms with E-state index < -0.39 is 40.4 Å². The maximum Gasteiger partial charge on any atom is 0.325 e. The SMILES string of the molecule is C=C(C)C(=O)NCC(=O)OC1C2CC(C1O)C(S(=O)O)C2. The quantitative estimate of drug-likeness (QED) is 0.361. The minimum atomic E-state index is -1.97. The number of amides is 1. The molecule has 8 heteroatoms. The van der Waals surface area contributed by atoms with E-state index >= 15 is 0 Å². The van der Waals surface area contributed by atoms with Crippen LogP contribution in [0.1, 0.15) is 19.8 Å². The number of rotatable bonds is 5. The minimum absolute atomic E-state index is 0.105. The van der Waals surface area contributed by atoms with Gasteiger partial charge in [-0.05, 0) is 19.8 Å². The lowest BCUT2D eigenvalue weighted by molar-refractivity contribution is -0.158. The molecule has 3 N–H and O–H groups in total. The summed E-state index contributed by atoms with van der Waals surface area (Å²) in [5.41, 5.74) is 0.288. The Bertz CT molecular complexity index is 491. The monoisotopic (exact) mass is 317 g/mol. The first-order chi connectivity index (χ1) is 9.81. The van der Waals surface area contributed by atoms with Crippen molar-refractivity contribution in [3.8, 4) is 0 Å². The van der Waals surface area contributed by atoms with Gasteiger partial charge in [0.1, 0.15) is 12.6 Å². The van der Waals surface area contributed by atoms with Crippen LogP contribution >= 0.6 is 0 Å². The zero-order valence-electron chi connectivity index (χ0n) is 11.7. The highest BCUT2D eigenvalue weighted by atomic mass is 32.2. The van der Waals surface area contributed by atoms with Gasteiger partial charge in [-0.2, -0.15) is 0 Å². The summed E-state index contributed by atoms with van der Waals surface area (Å²) in [4.78, 5) is 22.9. The van der Waals surface area contributed by atoms with Gasteiger partial charge in [-0.15, -0.1) is 0 Å². The number of hydrogen-bond acceptors (Lipinski definition) is 5. The van der Waals surface area contributed by atoms with Gasteiger partial charge >= 0.3 is 5.97 Å². The third kappa shape index (κ3) is 3.33. The molecule has 0 aromatic carbocycles. The minimum Gasteiger partial charge on any atom is -0.458 e. The van der Waals surface area contributed by atoms with Gasteiger partial charge in [-0.3, -0.25) is 9.59 Å². The lowest BCUT2D eigenvalue weighted by Gasteiger charge is -2.30. The number of esters is 1. The molecule has 2 aliphatic carbocycles. The fraction of sp³-hybridized carbons (Fsp3) is 0.692. The van der Waals surface area contributed by atoms with E-state index in [1.54, 1.807) is 0 Å². The number of carbonyl (C=O) groups excluding carboxylic acids is 2. The molecule has 6 atom stereocenters. The highest BCUT2D eigenvalue weighted by Crippen LogP contribution is 2.48. The van der Waals surface area contributed by atoms with E-state index in [2.05, 4.69) is 11.9 Å². The summed E-state index contributed by atoms with van der Waals surface area (Å²) in [5.74, 6) is -1.49. The van der Waals surface area contributed by atoms with E-state index in [1.165, 1.54) is 6.92 Å². The largest absolute Gasteiger partial charge is 0.458 e. The molecule has 0 spiro atoms. The Morgan fingerprint density at radius 1 is 1.43 bits per heavy atom. The number of nitrogens with one attached hydrogen (secondary N) is 1. The smallest absolute Gasteiger partial charge is 0.325 e. The maximum absolute atomic E-state index is 11.7. The molecular weight excluding hydrogens is 298 g/mol. The van der Waals surface area contributed by atoms with Crippen LogP contribution < -0.4 is 5.32 Å². The van der Waals surface area contributed by atoms with Gasteiger partial charge in [-0.1, -0.05) is 6.58 Å². The molecule has 0 radical (unpaired) electrons. The molecule has 0 aromatic rings. The van der Waals surface area contributed by atoms with Gasteiger partial charge in [0.15, 0.2) is 11.1 Å². The van der Waals surface area contributed by atoms with Crippen LogP contribution in [0.5, 0.6) is 0 Å². The fourth-order valence-electron chi connectivity index (χ4n) is 3.12. The number of carbonyl (C=O) groups is 2. The Kier molecular flexibility index (Phi) is 4.80.